The van der Waals surface area contributed by atoms with Crippen LogP contribution in [0, 0.1) is 0 Å². The average molecular weight is 292 g/mol. The van der Waals surface area contributed by atoms with Gasteiger partial charge in [0.1, 0.15) is 6.54 Å². The van der Waals surface area contributed by atoms with Gasteiger partial charge in [-0.3, -0.25) is 9.59 Å². The van der Waals surface area contributed by atoms with Crippen LogP contribution in [-0.2, 0) is 11.3 Å². The van der Waals surface area contributed by atoms with E-state index in [0.717, 1.165) is 23.9 Å². The van der Waals surface area contributed by atoms with E-state index in [2.05, 4.69) is 29.5 Å². The number of aliphatic carboxylic acids is 1. The molecule has 7 nitrogen and oxygen atoms in total. The van der Waals surface area contributed by atoms with E-state index in [4.69, 9.17) is 5.11 Å². The van der Waals surface area contributed by atoms with E-state index in [9.17, 15) is 9.59 Å². The number of nitrogens with one attached hydrogen (secondary N) is 1. The van der Waals surface area contributed by atoms with Crippen LogP contribution in [0.25, 0.3) is 0 Å². The molecule has 0 saturated heterocycles. The molecule has 0 radical (unpaired) electrons. The highest BCUT2D eigenvalue weighted by atomic mass is 16.4. The van der Waals surface area contributed by atoms with Gasteiger partial charge in [-0.1, -0.05) is 16.4 Å². The van der Waals surface area contributed by atoms with Crippen molar-refractivity contribution in [3.63, 3.8) is 0 Å². The van der Waals surface area contributed by atoms with Crippen LogP contribution in [0.15, 0.2) is 17.3 Å². The SMILES string of the molecule is CC1=C(C)CC(C)(NC(=O)c2cn(CC(=O)O)nn2)CC1. The number of aromatic nitrogens is 3. The predicted molar refractivity (Wildman–Crippen MR) is 75.8 cm³/mol. The zero-order chi connectivity index (χ0) is 15.6. The van der Waals surface area contributed by atoms with E-state index in [0.29, 0.717) is 0 Å². The maximum absolute atomic E-state index is 12.2. The largest absolute Gasteiger partial charge is 0.480 e. The molecular weight excluding hydrogens is 272 g/mol. The summed E-state index contributed by atoms with van der Waals surface area (Å²) in [5.74, 6) is -1.34. The second kappa shape index (κ2) is 5.67. The normalized spacial score (nSPS) is 22.2. The Kier molecular flexibility index (Phi) is 4.11. The van der Waals surface area contributed by atoms with Gasteiger partial charge in [-0.15, -0.1) is 5.10 Å². The van der Waals surface area contributed by atoms with Crippen LogP contribution in [0.2, 0.25) is 0 Å². The lowest BCUT2D eigenvalue weighted by Gasteiger charge is -2.35. The lowest BCUT2D eigenvalue weighted by atomic mass is 9.80. The third-order valence-corrected chi connectivity index (χ3v) is 3.92. The van der Waals surface area contributed by atoms with Crippen LogP contribution in [0.3, 0.4) is 0 Å². The Hall–Kier alpha value is -2.18. The molecule has 21 heavy (non-hydrogen) atoms. The molecule has 0 aliphatic heterocycles. The van der Waals surface area contributed by atoms with E-state index in [1.807, 2.05) is 6.92 Å². The number of hydrogen-bond acceptors (Lipinski definition) is 4. The smallest absolute Gasteiger partial charge is 0.325 e. The van der Waals surface area contributed by atoms with Crippen molar-refractivity contribution in [3.05, 3.63) is 23.0 Å². The summed E-state index contributed by atoms with van der Waals surface area (Å²) >= 11 is 0. The molecule has 0 aromatic carbocycles. The van der Waals surface area contributed by atoms with Crippen molar-refractivity contribution in [3.8, 4) is 0 Å². The fraction of sp³-hybridized carbons (Fsp3) is 0.571. The minimum Gasteiger partial charge on any atom is -0.480 e. The molecule has 114 valence electrons. The molecule has 0 fully saturated rings. The first-order valence-electron chi connectivity index (χ1n) is 6.89. The number of carboxylic acid groups (broad SMARTS) is 1. The van der Waals surface area contributed by atoms with Crippen molar-refractivity contribution in [1.29, 1.82) is 0 Å². The molecule has 1 aliphatic carbocycles. The summed E-state index contributed by atoms with van der Waals surface area (Å²) in [6.07, 6.45) is 4.01. The van der Waals surface area contributed by atoms with Gasteiger partial charge < -0.3 is 10.4 Å². The van der Waals surface area contributed by atoms with Gasteiger partial charge in [0.25, 0.3) is 5.91 Å². The van der Waals surface area contributed by atoms with E-state index in [-0.39, 0.29) is 23.7 Å². The number of nitrogens with zero attached hydrogens (tertiary/aromatic N) is 3. The summed E-state index contributed by atoms with van der Waals surface area (Å²) < 4.78 is 1.13. The summed E-state index contributed by atoms with van der Waals surface area (Å²) in [5, 5.41) is 19.0. The fourth-order valence-corrected chi connectivity index (χ4v) is 2.56. The minimum absolute atomic E-state index is 0.140. The molecule has 0 spiro atoms. The van der Waals surface area contributed by atoms with Gasteiger partial charge in [-0.05, 0) is 40.0 Å². The van der Waals surface area contributed by atoms with Gasteiger partial charge in [0.15, 0.2) is 5.69 Å². The van der Waals surface area contributed by atoms with Crippen LogP contribution in [-0.4, -0.2) is 37.5 Å². The molecule has 1 atom stereocenters. The highest BCUT2D eigenvalue weighted by molar-refractivity contribution is 5.92. The van der Waals surface area contributed by atoms with Crippen LogP contribution in [0.5, 0.6) is 0 Å². The number of carbonyl (C=O) groups excluding carboxylic acids is 1. The first kappa shape index (κ1) is 15.2. The van der Waals surface area contributed by atoms with E-state index in [1.54, 1.807) is 0 Å². The van der Waals surface area contributed by atoms with Crippen molar-refractivity contribution in [2.75, 3.05) is 0 Å². The topological polar surface area (TPSA) is 97.1 Å². The quantitative estimate of drug-likeness (QED) is 0.817. The molecule has 1 heterocycles. The maximum atomic E-state index is 12.2. The second-order valence-corrected chi connectivity index (χ2v) is 5.95. The van der Waals surface area contributed by atoms with Gasteiger partial charge >= 0.3 is 5.97 Å². The van der Waals surface area contributed by atoms with Crippen LogP contribution in [0.4, 0.5) is 0 Å². The Bertz CT molecular complexity index is 605. The van der Waals surface area contributed by atoms with Crippen molar-refractivity contribution in [2.24, 2.45) is 0 Å². The number of carbonyl (C=O) groups is 2. The lowest BCUT2D eigenvalue weighted by Crippen LogP contribution is -2.47. The highest BCUT2D eigenvalue weighted by Gasteiger charge is 2.31. The molecule has 1 aromatic heterocycles. The Morgan fingerprint density at radius 1 is 1.43 bits per heavy atom. The molecule has 0 bridgehead atoms. The summed E-state index contributed by atoms with van der Waals surface area (Å²) in [4.78, 5) is 22.8. The van der Waals surface area contributed by atoms with Crippen LogP contribution >= 0.6 is 0 Å². The third-order valence-electron chi connectivity index (χ3n) is 3.92. The Morgan fingerprint density at radius 3 is 2.76 bits per heavy atom. The van der Waals surface area contributed by atoms with Gasteiger partial charge in [0.05, 0.1) is 6.20 Å². The molecule has 1 unspecified atom stereocenters. The zero-order valence-electron chi connectivity index (χ0n) is 12.5. The lowest BCUT2D eigenvalue weighted by molar-refractivity contribution is -0.137. The first-order chi connectivity index (χ1) is 9.79. The molecule has 2 rings (SSSR count). The maximum Gasteiger partial charge on any atom is 0.325 e. The van der Waals surface area contributed by atoms with E-state index in [1.165, 1.54) is 17.3 Å². The average Bonchev–Trinajstić information content (AvgIpc) is 2.82. The first-order valence-corrected chi connectivity index (χ1v) is 6.89. The summed E-state index contributed by atoms with van der Waals surface area (Å²) in [6.45, 7) is 5.91. The Labute approximate surface area is 123 Å². The summed E-state index contributed by atoms with van der Waals surface area (Å²) in [5.41, 5.74) is 2.53. The zero-order valence-corrected chi connectivity index (χ0v) is 12.5. The van der Waals surface area contributed by atoms with Crippen molar-refractivity contribution < 1.29 is 14.7 Å². The summed E-state index contributed by atoms with van der Waals surface area (Å²) in [7, 11) is 0. The predicted octanol–water partition coefficient (Wildman–Crippen LogP) is 1.37. The standard InChI is InChI=1S/C14H20N4O3/c1-9-4-5-14(3,6-10(9)2)15-13(21)11-7-18(17-16-11)8-12(19)20/h7H,4-6,8H2,1-3H3,(H,15,21)(H,19,20). The minimum atomic E-state index is -1.03. The van der Waals surface area contributed by atoms with E-state index >= 15 is 0 Å². The van der Waals surface area contributed by atoms with Crippen molar-refractivity contribution in [2.45, 2.75) is 52.1 Å². The Morgan fingerprint density at radius 2 is 2.14 bits per heavy atom. The number of amides is 1. The molecule has 0 saturated carbocycles. The molecule has 7 heteroatoms. The fourth-order valence-electron chi connectivity index (χ4n) is 2.56. The third kappa shape index (κ3) is 3.68. The number of hydrogen-bond donors (Lipinski definition) is 2. The van der Waals surface area contributed by atoms with Gasteiger partial charge in [-0.25, -0.2) is 4.68 Å². The highest BCUT2D eigenvalue weighted by Crippen LogP contribution is 2.32. The molecular formula is C14H20N4O3. The number of rotatable bonds is 4. The molecule has 1 aliphatic rings. The number of carboxylic acids is 1. The van der Waals surface area contributed by atoms with E-state index < -0.39 is 5.97 Å². The van der Waals surface area contributed by atoms with Crippen molar-refractivity contribution in [1.82, 2.24) is 20.3 Å². The molecule has 2 N–H and O–H groups in total. The second-order valence-electron chi connectivity index (χ2n) is 5.95. The Balaban J connectivity index is 2.04. The van der Waals surface area contributed by atoms with Gasteiger partial charge in [0, 0.05) is 5.54 Å². The van der Waals surface area contributed by atoms with Gasteiger partial charge in [-0.2, -0.15) is 0 Å². The van der Waals surface area contributed by atoms with Crippen molar-refractivity contribution >= 4 is 11.9 Å². The van der Waals surface area contributed by atoms with Crippen LogP contribution in [0.1, 0.15) is 50.5 Å². The van der Waals surface area contributed by atoms with Gasteiger partial charge in [0.2, 0.25) is 0 Å². The number of allylic oxidation sites excluding steroid dienone is 1. The van der Waals surface area contributed by atoms with Crippen LogP contribution < -0.4 is 5.32 Å². The molecule has 1 aromatic rings. The monoisotopic (exact) mass is 292 g/mol. The summed E-state index contributed by atoms with van der Waals surface area (Å²) in [6, 6.07) is 0. The molecule has 1 amide bonds.